The molecule has 2 unspecified atom stereocenters. The molecule has 2 saturated heterocycles. The molecule has 2 heterocycles. The summed E-state index contributed by atoms with van der Waals surface area (Å²) in [4.78, 5) is 25.6. The molecule has 0 N–H and O–H groups in total. The second-order valence-electron chi connectivity index (χ2n) is 5.39. The number of ether oxygens (including phenoxy) is 1. The van der Waals surface area contributed by atoms with Crippen LogP contribution in [0.15, 0.2) is 0 Å². The van der Waals surface area contributed by atoms with Crippen LogP contribution in [0.3, 0.4) is 0 Å². The molecule has 0 radical (unpaired) electrons. The number of unbranched alkanes of at least 4 members (excludes halogenated alkanes) is 2. The molecule has 0 saturated carbocycles. The predicted molar refractivity (Wildman–Crippen MR) is 86.0 cm³/mol. The minimum absolute atomic E-state index is 0.0924. The van der Waals surface area contributed by atoms with Gasteiger partial charge in [0.05, 0.1) is 0 Å². The van der Waals surface area contributed by atoms with Crippen LogP contribution >= 0.6 is 24.1 Å². The Balaban J connectivity index is 1.89. The molecule has 6 nitrogen and oxygen atoms in total. The van der Waals surface area contributed by atoms with Gasteiger partial charge in [0, 0.05) is 18.7 Å². The maximum absolute atomic E-state index is 12.2. The maximum atomic E-state index is 12.2. The van der Waals surface area contributed by atoms with Crippen molar-refractivity contribution in [2.45, 2.75) is 63.5 Å². The molecule has 126 valence electrons. The second kappa shape index (κ2) is 9.52. The van der Waals surface area contributed by atoms with E-state index in [0.29, 0.717) is 38.1 Å². The lowest BCUT2D eigenvalue weighted by Crippen LogP contribution is -2.35. The fourth-order valence-corrected chi connectivity index (χ4v) is 4.05. The minimum Gasteiger partial charge on any atom is -0.430 e. The molecule has 22 heavy (non-hydrogen) atoms. The van der Waals surface area contributed by atoms with Gasteiger partial charge in [0.1, 0.15) is 6.10 Å². The number of hydrogen-bond acceptors (Lipinski definition) is 7. The third-order valence-electron chi connectivity index (χ3n) is 3.70. The fourth-order valence-electron chi connectivity index (χ4n) is 2.51. The quantitative estimate of drug-likeness (QED) is 0.435. The third kappa shape index (κ3) is 5.55. The normalized spacial score (nSPS) is 27.4. The van der Waals surface area contributed by atoms with Crippen LogP contribution in [0.25, 0.3) is 0 Å². The lowest BCUT2D eigenvalue weighted by Gasteiger charge is -2.24. The monoisotopic (exact) mass is 349 g/mol. The number of carbonyl (C=O) groups excluding carboxylic acids is 2. The van der Waals surface area contributed by atoms with Gasteiger partial charge < -0.3 is 13.8 Å². The van der Waals surface area contributed by atoms with E-state index >= 15 is 0 Å². The van der Waals surface area contributed by atoms with Crippen LogP contribution in [0.2, 0.25) is 0 Å². The molecule has 2 aliphatic heterocycles. The molecule has 0 aromatic rings. The molecule has 2 aliphatic rings. The largest absolute Gasteiger partial charge is 0.522 e. The van der Waals surface area contributed by atoms with Crippen molar-refractivity contribution >= 4 is 36.1 Å². The zero-order valence-electron chi connectivity index (χ0n) is 12.8. The van der Waals surface area contributed by atoms with Crippen molar-refractivity contribution in [3.8, 4) is 0 Å². The van der Waals surface area contributed by atoms with Crippen LogP contribution in [0, 0.1) is 0 Å². The molecular formula is C14H23NO5S2. The number of cyclic esters (lactones) is 1. The average Bonchev–Trinajstić information content (AvgIpc) is 2.94. The summed E-state index contributed by atoms with van der Waals surface area (Å²) in [5.74, 6) is 0.927. The van der Waals surface area contributed by atoms with Crippen LogP contribution in [-0.2, 0) is 17.9 Å². The van der Waals surface area contributed by atoms with E-state index in [0.717, 1.165) is 31.4 Å². The van der Waals surface area contributed by atoms with Gasteiger partial charge in [-0.05, 0) is 25.7 Å². The summed E-state index contributed by atoms with van der Waals surface area (Å²) in [6, 6.07) is 0. The molecule has 1 amide bonds. The topological polar surface area (TPSA) is 65.1 Å². The zero-order chi connectivity index (χ0) is 15.8. The summed E-state index contributed by atoms with van der Waals surface area (Å²) >= 11 is 2.12. The van der Waals surface area contributed by atoms with E-state index in [-0.39, 0.29) is 17.6 Å². The summed E-state index contributed by atoms with van der Waals surface area (Å²) < 4.78 is 15.6. The summed E-state index contributed by atoms with van der Waals surface area (Å²) in [6.07, 6.45) is 5.02. The van der Waals surface area contributed by atoms with Crippen molar-refractivity contribution in [1.29, 1.82) is 0 Å². The molecular weight excluding hydrogens is 326 g/mol. The highest BCUT2D eigenvalue weighted by atomic mass is 32.2. The van der Waals surface area contributed by atoms with E-state index in [1.54, 1.807) is 4.90 Å². The van der Waals surface area contributed by atoms with Crippen molar-refractivity contribution in [2.75, 3.05) is 12.3 Å². The summed E-state index contributed by atoms with van der Waals surface area (Å²) in [6.45, 7) is 2.81. The Bertz CT molecular complexity index is 382. The van der Waals surface area contributed by atoms with E-state index < -0.39 is 6.16 Å². The Kier molecular flexibility index (Phi) is 7.68. The molecule has 0 aromatic carbocycles. The Hall–Kier alpha value is -0.600. The highest BCUT2D eigenvalue weighted by Crippen LogP contribution is 2.30. The molecule has 0 bridgehead atoms. The standard InChI is InChI=1S/C14H23NO5S2/c1-2-3-4-6-11-7-5-8-12(16)15-9-10-21-13(15)19-22-20-14(17)18-11/h11,13H,2-10H2,1H3. The van der Waals surface area contributed by atoms with Crippen molar-refractivity contribution in [3.05, 3.63) is 0 Å². The van der Waals surface area contributed by atoms with Gasteiger partial charge in [0.2, 0.25) is 18.2 Å². The van der Waals surface area contributed by atoms with Crippen molar-refractivity contribution in [1.82, 2.24) is 4.90 Å². The smallest absolute Gasteiger partial charge is 0.430 e. The average molecular weight is 349 g/mol. The molecule has 8 heteroatoms. The van der Waals surface area contributed by atoms with Gasteiger partial charge in [0.15, 0.2) is 5.56 Å². The third-order valence-corrected chi connectivity index (χ3v) is 5.34. The molecule has 0 aliphatic carbocycles. The lowest BCUT2D eigenvalue weighted by molar-refractivity contribution is -0.134. The van der Waals surface area contributed by atoms with Crippen LogP contribution < -0.4 is 0 Å². The first-order valence-electron chi connectivity index (χ1n) is 7.82. The summed E-state index contributed by atoms with van der Waals surface area (Å²) in [5.41, 5.74) is -0.384. The van der Waals surface area contributed by atoms with Crippen LogP contribution in [0.5, 0.6) is 0 Å². The van der Waals surface area contributed by atoms with Gasteiger partial charge in [-0.25, -0.2) is 8.98 Å². The van der Waals surface area contributed by atoms with Gasteiger partial charge in [0.25, 0.3) is 0 Å². The van der Waals surface area contributed by atoms with Gasteiger partial charge in [-0.15, -0.1) is 11.8 Å². The predicted octanol–water partition coefficient (Wildman–Crippen LogP) is 3.71. The highest BCUT2D eigenvalue weighted by molar-refractivity contribution is 8.00. The number of thioether (sulfide) groups is 1. The Morgan fingerprint density at radius 3 is 3.00 bits per heavy atom. The number of carbonyl (C=O) groups is 2. The first-order chi connectivity index (χ1) is 10.7. The molecule has 0 spiro atoms. The summed E-state index contributed by atoms with van der Waals surface area (Å²) in [7, 11) is 0. The first-order valence-corrected chi connectivity index (χ1v) is 9.54. The van der Waals surface area contributed by atoms with Crippen LogP contribution in [0.1, 0.15) is 51.9 Å². The van der Waals surface area contributed by atoms with Crippen molar-refractivity contribution < 1.29 is 22.7 Å². The molecule has 2 atom stereocenters. The number of nitrogens with zero attached hydrogens (tertiary/aromatic N) is 1. The lowest BCUT2D eigenvalue weighted by atomic mass is 10.0. The fraction of sp³-hybridized carbons (Fsp3) is 0.857. The molecule has 0 aromatic heterocycles. The summed E-state index contributed by atoms with van der Waals surface area (Å²) in [5, 5.41) is 0. The van der Waals surface area contributed by atoms with E-state index in [1.165, 1.54) is 11.8 Å². The van der Waals surface area contributed by atoms with Crippen LogP contribution in [-0.4, -0.2) is 40.9 Å². The maximum Gasteiger partial charge on any atom is 0.522 e. The van der Waals surface area contributed by atoms with Crippen molar-refractivity contribution in [3.63, 3.8) is 0 Å². The van der Waals surface area contributed by atoms with Gasteiger partial charge in [-0.3, -0.25) is 4.79 Å². The zero-order valence-corrected chi connectivity index (χ0v) is 14.5. The van der Waals surface area contributed by atoms with Gasteiger partial charge >= 0.3 is 6.16 Å². The second-order valence-corrected chi connectivity index (χ2v) is 7.03. The minimum atomic E-state index is -0.715. The van der Waals surface area contributed by atoms with E-state index in [2.05, 4.69) is 6.92 Å². The number of amides is 1. The highest BCUT2D eigenvalue weighted by Gasteiger charge is 2.31. The number of hydrogen-bond donors (Lipinski definition) is 0. The SMILES string of the molecule is CCCCCC1CCCC(=O)N2CCSC2OSOC(=O)O1. The van der Waals surface area contributed by atoms with E-state index in [4.69, 9.17) is 13.1 Å². The van der Waals surface area contributed by atoms with E-state index in [9.17, 15) is 9.59 Å². The number of fused-ring (bicyclic) bond motifs is 1. The molecule has 2 fully saturated rings. The first kappa shape index (κ1) is 17.7. The van der Waals surface area contributed by atoms with Gasteiger partial charge in [-0.2, -0.15) is 0 Å². The van der Waals surface area contributed by atoms with Crippen LogP contribution in [0.4, 0.5) is 4.79 Å². The van der Waals surface area contributed by atoms with Crippen molar-refractivity contribution in [2.24, 2.45) is 0 Å². The Labute approximate surface area is 140 Å². The Morgan fingerprint density at radius 1 is 1.32 bits per heavy atom. The van der Waals surface area contributed by atoms with Gasteiger partial charge in [-0.1, -0.05) is 19.8 Å². The molecule has 2 rings (SSSR count). The number of rotatable bonds is 4. The van der Waals surface area contributed by atoms with E-state index in [1.807, 2.05) is 0 Å². The Morgan fingerprint density at radius 2 is 2.18 bits per heavy atom.